The number of amides is 1. The van der Waals surface area contributed by atoms with E-state index in [4.69, 9.17) is 0 Å². The largest absolute Gasteiger partial charge is 0.352 e. The van der Waals surface area contributed by atoms with Crippen LogP contribution in [0, 0.1) is 32.6 Å². The lowest BCUT2D eigenvalue weighted by Crippen LogP contribution is -2.26. The zero-order chi connectivity index (χ0) is 23.2. The monoisotopic (exact) mass is 435 g/mol. The van der Waals surface area contributed by atoms with E-state index in [0.29, 0.717) is 18.5 Å². The first-order valence-electron chi connectivity index (χ1n) is 10.8. The summed E-state index contributed by atoms with van der Waals surface area (Å²) in [6.07, 6.45) is 5.60. The fourth-order valence-electron chi connectivity index (χ4n) is 3.44. The number of carbonyl (C=O) groups excluding carboxylic acids is 1. The molecule has 2 aromatic heterocycles. The van der Waals surface area contributed by atoms with Crippen molar-refractivity contribution in [2.45, 2.75) is 27.2 Å². The van der Waals surface area contributed by atoms with E-state index in [0.717, 1.165) is 39.5 Å². The second-order valence-corrected chi connectivity index (χ2v) is 7.76. The highest BCUT2D eigenvalue weighted by molar-refractivity contribution is 5.95. The van der Waals surface area contributed by atoms with E-state index in [1.54, 1.807) is 18.6 Å². The summed E-state index contributed by atoms with van der Waals surface area (Å²) in [6, 6.07) is 15.3. The minimum Gasteiger partial charge on any atom is -0.352 e. The molecule has 0 bridgehead atoms. The maximum Gasteiger partial charge on any atom is 0.251 e. The minimum absolute atomic E-state index is 0.155. The van der Waals surface area contributed by atoms with Gasteiger partial charge >= 0.3 is 0 Å². The topological polar surface area (TPSA) is 72.7 Å². The summed E-state index contributed by atoms with van der Waals surface area (Å²) in [6.45, 7) is 6.56. The third-order valence-corrected chi connectivity index (χ3v) is 5.54. The Hall–Kier alpha value is -4.24. The zero-order valence-electron chi connectivity index (χ0n) is 19.0. The first-order chi connectivity index (χ1) is 16.0. The molecule has 164 valence electrons. The summed E-state index contributed by atoms with van der Waals surface area (Å²) < 4.78 is 1.90. The van der Waals surface area contributed by atoms with Gasteiger partial charge in [-0.25, -0.2) is 4.68 Å². The predicted molar refractivity (Wildman–Crippen MR) is 128 cm³/mol. The van der Waals surface area contributed by atoms with E-state index in [1.165, 1.54) is 0 Å². The second kappa shape index (κ2) is 9.92. The Morgan fingerprint density at radius 1 is 1.03 bits per heavy atom. The number of nitrogens with one attached hydrogen (secondary N) is 1. The molecule has 0 saturated carbocycles. The van der Waals surface area contributed by atoms with Gasteiger partial charge in [0, 0.05) is 48.4 Å². The molecule has 6 heteroatoms. The van der Waals surface area contributed by atoms with Crippen molar-refractivity contribution in [1.29, 1.82) is 0 Å². The van der Waals surface area contributed by atoms with Crippen LogP contribution in [0.4, 0.5) is 0 Å². The molecule has 4 aromatic rings. The van der Waals surface area contributed by atoms with Crippen LogP contribution in [0.15, 0.2) is 67.1 Å². The summed E-state index contributed by atoms with van der Waals surface area (Å²) in [5, 5.41) is 7.64. The molecule has 0 atom stereocenters. The van der Waals surface area contributed by atoms with E-state index in [-0.39, 0.29) is 5.91 Å². The molecule has 2 aromatic carbocycles. The molecule has 0 unspecified atom stereocenters. The predicted octanol–water partition coefficient (Wildman–Crippen LogP) is 3.96. The first-order valence-corrected chi connectivity index (χ1v) is 10.8. The van der Waals surface area contributed by atoms with Gasteiger partial charge in [0.05, 0.1) is 22.6 Å². The molecule has 1 N–H and O–H groups in total. The summed E-state index contributed by atoms with van der Waals surface area (Å²) in [5.41, 5.74) is 7.05. The van der Waals surface area contributed by atoms with Gasteiger partial charge < -0.3 is 5.32 Å². The number of aryl methyl sites for hydroxylation is 1. The summed E-state index contributed by atoms with van der Waals surface area (Å²) in [4.78, 5) is 21.1. The Morgan fingerprint density at radius 3 is 2.55 bits per heavy atom. The van der Waals surface area contributed by atoms with Crippen LogP contribution in [-0.2, 0) is 6.42 Å². The van der Waals surface area contributed by atoms with E-state index in [1.807, 2.05) is 67.1 Å². The average Bonchev–Trinajstić information content (AvgIpc) is 3.11. The summed E-state index contributed by atoms with van der Waals surface area (Å²) in [5.74, 6) is 6.30. The number of aromatic nitrogens is 4. The Labute approximate surface area is 193 Å². The van der Waals surface area contributed by atoms with Gasteiger partial charge in [-0.2, -0.15) is 5.10 Å². The van der Waals surface area contributed by atoms with Crippen LogP contribution in [0.1, 0.15) is 44.1 Å². The molecule has 0 fully saturated rings. The van der Waals surface area contributed by atoms with Crippen molar-refractivity contribution in [2.24, 2.45) is 0 Å². The van der Waals surface area contributed by atoms with Gasteiger partial charge in [-0.1, -0.05) is 30.0 Å². The number of rotatable bonds is 5. The fraction of sp³-hybridized carbons (Fsp3) is 0.185. The molecule has 0 saturated heterocycles. The highest BCUT2D eigenvalue weighted by Crippen LogP contribution is 2.21. The van der Waals surface area contributed by atoms with Crippen molar-refractivity contribution in [1.82, 2.24) is 25.1 Å². The van der Waals surface area contributed by atoms with E-state index < -0.39 is 0 Å². The molecule has 0 spiro atoms. The van der Waals surface area contributed by atoms with Crippen LogP contribution in [0.25, 0.3) is 5.69 Å². The molecule has 0 aliphatic heterocycles. The van der Waals surface area contributed by atoms with Gasteiger partial charge in [0.15, 0.2) is 0 Å². The third-order valence-electron chi connectivity index (χ3n) is 5.54. The van der Waals surface area contributed by atoms with Crippen LogP contribution in [0.2, 0.25) is 0 Å². The molecular weight excluding hydrogens is 410 g/mol. The van der Waals surface area contributed by atoms with E-state index in [2.05, 4.69) is 39.1 Å². The van der Waals surface area contributed by atoms with Gasteiger partial charge in [-0.05, 0) is 56.7 Å². The first kappa shape index (κ1) is 22.0. The smallest absolute Gasteiger partial charge is 0.251 e. The number of benzene rings is 2. The Balaban J connectivity index is 1.63. The quantitative estimate of drug-likeness (QED) is 0.482. The third kappa shape index (κ3) is 5.16. The lowest BCUT2D eigenvalue weighted by Gasteiger charge is -2.11. The highest BCUT2D eigenvalue weighted by Gasteiger charge is 2.14. The lowest BCUT2D eigenvalue weighted by molar-refractivity contribution is 0.0954. The van der Waals surface area contributed by atoms with Gasteiger partial charge in [0.25, 0.3) is 5.91 Å². The minimum atomic E-state index is -0.155. The van der Waals surface area contributed by atoms with Crippen LogP contribution < -0.4 is 5.32 Å². The molecule has 0 radical (unpaired) electrons. The summed E-state index contributed by atoms with van der Waals surface area (Å²) >= 11 is 0. The van der Waals surface area contributed by atoms with Crippen LogP contribution in [0.5, 0.6) is 0 Å². The van der Waals surface area contributed by atoms with Crippen LogP contribution >= 0.6 is 0 Å². The molecular formula is C27H25N5O. The number of hydrogen-bond donors (Lipinski definition) is 1. The molecule has 33 heavy (non-hydrogen) atoms. The molecule has 2 heterocycles. The van der Waals surface area contributed by atoms with Crippen molar-refractivity contribution >= 4 is 5.91 Å². The van der Waals surface area contributed by atoms with Crippen LogP contribution in [-0.4, -0.2) is 32.2 Å². The highest BCUT2D eigenvalue weighted by atomic mass is 16.1. The van der Waals surface area contributed by atoms with Crippen molar-refractivity contribution in [3.8, 4) is 17.5 Å². The van der Waals surface area contributed by atoms with Crippen molar-refractivity contribution in [3.63, 3.8) is 0 Å². The molecule has 0 aliphatic carbocycles. The maximum atomic E-state index is 12.8. The normalized spacial score (nSPS) is 10.4. The molecule has 6 nitrogen and oxygen atoms in total. The average molecular weight is 436 g/mol. The van der Waals surface area contributed by atoms with Crippen molar-refractivity contribution in [3.05, 3.63) is 106 Å². The number of nitrogens with zero attached hydrogens (tertiary/aromatic N) is 4. The molecule has 4 rings (SSSR count). The second-order valence-electron chi connectivity index (χ2n) is 7.76. The standard InChI is InChI=1S/C27H25N5O/c1-19-20(2)31-32(21(19)3)26-12-11-24(17-23(26)10-9-22-7-5-4-6-8-22)27(33)30-14-13-25-18-28-15-16-29-25/h4-8,11-12,15-18H,13-14H2,1-3H3,(H,30,33). The van der Waals surface area contributed by atoms with Gasteiger partial charge in [-0.3, -0.25) is 14.8 Å². The van der Waals surface area contributed by atoms with Crippen LogP contribution in [0.3, 0.4) is 0 Å². The van der Waals surface area contributed by atoms with E-state index >= 15 is 0 Å². The molecule has 1 amide bonds. The van der Waals surface area contributed by atoms with Gasteiger partial charge in [0.2, 0.25) is 0 Å². The Kier molecular flexibility index (Phi) is 6.61. The fourth-order valence-corrected chi connectivity index (χ4v) is 3.44. The van der Waals surface area contributed by atoms with Crippen molar-refractivity contribution in [2.75, 3.05) is 6.54 Å². The zero-order valence-corrected chi connectivity index (χ0v) is 19.0. The number of carbonyl (C=O) groups is 1. The molecule has 0 aliphatic rings. The summed E-state index contributed by atoms with van der Waals surface area (Å²) in [7, 11) is 0. The lowest BCUT2D eigenvalue weighted by atomic mass is 10.1. The Morgan fingerprint density at radius 2 is 1.85 bits per heavy atom. The number of hydrogen-bond acceptors (Lipinski definition) is 4. The van der Waals surface area contributed by atoms with E-state index in [9.17, 15) is 4.79 Å². The maximum absolute atomic E-state index is 12.8. The van der Waals surface area contributed by atoms with Gasteiger partial charge in [0.1, 0.15) is 0 Å². The Bertz CT molecular complexity index is 1330. The van der Waals surface area contributed by atoms with Crippen molar-refractivity contribution < 1.29 is 4.79 Å². The SMILES string of the molecule is Cc1nn(-c2ccc(C(=O)NCCc3cnccn3)cc2C#Cc2ccccc2)c(C)c1C. The van der Waals surface area contributed by atoms with Gasteiger partial charge in [-0.15, -0.1) is 0 Å².